The van der Waals surface area contributed by atoms with E-state index in [9.17, 15) is 18.5 Å². The standard InChI is InChI=1S/C7H7NO6S.5H2O/c1-14-5-2-3-7(15(11,12)13)6(4-5)8(9)10;;;;;/h2-4H,1H3,(H,11,12,13);5*1H2. The van der Waals surface area contributed by atoms with Crippen LogP contribution in [0.1, 0.15) is 0 Å². The Labute approximate surface area is 113 Å². The van der Waals surface area contributed by atoms with E-state index in [2.05, 4.69) is 0 Å². The Hall–Kier alpha value is -1.87. The van der Waals surface area contributed by atoms with Gasteiger partial charge in [-0.3, -0.25) is 14.7 Å². The van der Waals surface area contributed by atoms with E-state index in [4.69, 9.17) is 9.29 Å². The van der Waals surface area contributed by atoms with Gasteiger partial charge >= 0.3 is 10.1 Å². The monoisotopic (exact) mass is 323 g/mol. The second kappa shape index (κ2) is 11.0. The van der Waals surface area contributed by atoms with Gasteiger partial charge in [-0.2, -0.15) is 8.42 Å². The minimum Gasteiger partial charge on any atom is -0.497 e. The molecule has 0 amide bonds. The van der Waals surface area contributed by atoms with Gasteiger partial charge in [0.05, 0.1) is 18.1 Å². The third-order valence-electron chi connectivity index (χ3n) is 1.64. The van der Waals surface area contributed by atoms with Crippen molar-refractivity contribution in [1.29, 1.82) is 0 Å². The molecule has 0 fully saturated rings. The van der Waals surface area contributed by atoms with Crippen molar-refractivity contribution in [3.63, 3.8) is 0 Å². The molecule has 11 N–H and O–H groups in total. The lowest BCUT2D eigenvalue weighted by Crippen LogP contribution is -2.03. The molecule has 122 valence electrons. The minimum absolute atomic E-state index is 0. The average molecular weight is 323 g/mol. The second-order valence-corrected chi connectivity index (χ2v) is 3.96. The van der Waals surface area contributed by atoms with Crippen LogP contribution in [0.25, 0.3) is 0 Å². The zero-order chi connectivity index (χ0) is 11.6. The molecule has 0 aliphatic rings. The number of nitrogens with zero attached hydrogens (tertiary/aromatic N) is 1. The summed E-state index contributed by atoms with van der Waals surface area (Å²) in [6, 6.07) is 3.03. The summed E-state index contributed by atoms with van der Waals surface area (Å²) in [6.07, 6.45) is 0. The predicted molar refractivity (Wildman–Crippen MR) is 67.5 cm³/mol. The van der Waals surface area contributed by atoms with E-state index in [1.807, 2.05) is 0 Å². The second-order valence-electron chi connectivity index (χ2n) is 2.57. The summed E-state index contributed by atoms with van der Waals surface area (Å²) in [7, 11) is -3.32. The molecule has 12 nitrogen and oxygen atoms in total. The molecule has 0 saturated carbocycles. The highest BCUT2D eigenvalue weighted by Gasteiger charge is 2.24. The summed E-state index contributed by atoms with van der Waals surface area (Å²) in [5.41, 5.74) is -0.725. The van der Waals surface area contributed by atoms with E-state index in [-0.39, 0.29) is 33.1 Å². The Morgan fingerprint density at radius 1 is 1.15 bits per heavy atom. The van der Waals surface area contributed by atoms with E-state index in [1.54, 1.807) is 0 Å². The Kier molecular flexibility index (Phi) is 17.0. The molecule has 0 unspecified atom stereocenters. The third kappa shape index (κ3) is 6.90. The van der Waals surface area contributed by atoms with E-state index >= 15 is 0 Å². The summed E-state index contributed by atoms with van der Waals surface area (Å²) in [5.74, 6) is 0.133. The van der Waals surface area contributed by atoms with Gasteiger partial charge in [-0.05, 0) is 12.1 Å². The lowest BCUT2D eigenvalue weighted by Gasteiger charge is -2.02. The van der Waals surface area contributed by atoms with Crippen LogP contribution in [0.5, 0.6) is 5.75 Å². The topological polar surface area (TPSA) is 264 Å². The Morgan fingerprint density at radius 3 is 1.90 bits per heavy atom. The van der Waals surface area contributed by atoms with E-state index < -0.39 is 25.6 Å². The van der Waals surface area contributed by atoms with Crippen LogP contribution in [0.15, 0.2) is 23.1 Å². The summed E-state index contributed by atoms with van der Waals surface area (Å²) in [4.78, 5) is 8.84. The van der Waals surface area contributed by atoms with Gasteiger partial charge in [0.25, 0.3) is 5.69 Å². The van der Waals surface area contributed by atoms with Gasteiger partial charge in [0.15, 0.2) is 4.90 Å². The summed E-state index contributed by atoms with van der Waals surface area (Å²) < 4.78 is 34.9. The first-order valence-corrected chi connectivity index (χ1v) is 5.10. The van der Waals surface area contributed by atoms with Gasteiger partial charge in [0.2, 0.25) is 0 Å². The number of hydrogen-bond donors (Lipinski definition) is 1. The number of rotatable bonds is 3. The Morgan fingerprint density at radius 2 is 1.60 bits per heavy atom. The first-order valence-electron chi connectivity index (χ1n) is 3.66. The molecule has 0 heterocycles. The molecular formula is C7H17NO11S. The highest BCUT2D eigenvalue weighted by Crippen LogP contribution is 2.27. The van der Waals surface area contributed by atoms with Crippen molar-refractivity contribution in [3.8, 4) is 5.75 Å². The van der Waals surface area contributed by atoms with Gasteiger partial charge < -0.3 is 32.1 Å². The van der Waals surface area contributed by atoms with Gasteiger partial charge in [-0.1, -0.05) is 0 Å². The zero-order valence-corrected chi connectivity index (χ0v) is 10.9. The van der Waals surface area contributed by atoms with Crippen molar-refractivity contribution in [2.45, 2.75) is 4.90 Å². The van der Waals surface area contributed by atoms with Crippen LogP contribution in [0.2, 0.25) is 0 Å². The summed E-state index contributed by atoms with van der Waals surface area (Å²) in [5, 5.41) is 10.5. The molecule has 0 atom stereocenters. The highest BCUT2D eigenvalue weighted by molar-refractivity contribution is 7.86. The smallest absolute Gasteiger partial charge is 0.301 e. The summed E-state index contributed by atoms with van der Waals surface area (Å²) >= 11 is 0. The van der Waals surface area contributed by atoms with Crippen LogP contribution in [-0.4, -0.2) is 52.4 Å². The lowest BCUT2D eigenvalue weighted by atomic mass is 10.3. The molecule has 0 bridgehead atoms. The number of methoxy groups -OCH3 is 1. The molecule has 13 heteroatoms. The fourth-order valence-electron chi connectivity index (χ4n) is 0.985. The molecule has 0 aliphatic carbocycles. The lowest BCUT2D eigenvalue weighted by molar-refractivity contribution is -0.388. The molecule has 0 aliphatic heterocycles. The van der Waals surface area contributed by atoms with Crippen LogP contribution < -0.4 is 4.74 Å². The first kappa shape index (κ1) is 30.9. The number of hydrogen-bond acceptors (Lipinski definition) is 5. The van der Waals surface area contributed by atoms with Gasteiger partial charge in [-0.15, -0.1) is 0 Å². The van der Waals surface area contributed by atoms with Crippen LogP contribution >= 0.6 is 0 Å². The highest BCUT2D eigenvalue weighted by atomic mass is 32.2. The maximum Gasteiger partial charge on any atom is 0.301 e. The van der Waals surface area contributed by atoms with Crippen molar-refractivity contribution < 1.29 is 50.0 Å². The maximum absolute atomic E-state index is 10.8. The fraction of sp³-hybridized carbons (Fsp3) is 0.143. The molecule has 1 rings (SSSR count). The van der Waals surface area contributed by atoms with Crippen molar-refractivity contribution in [3.05, 3.63) is 28.3 Å². The fourth-order valence-corrected chi connectivity index (χ4v) is 1.62. The van der Waals surface area contributed by atoms with E-state index in [0.717, 1.165) is 12.1 Å². The number of benzene rings is 1. The number of nitro groups is 1. The predicted octanol–water partition coefficient (Wildman–Crippen LogP) is -3.27. The molecule has 0 radical (unpaired) electrons. The molecule has 0 spiro atoms. The molecule has 1 aromatic carbocycles. The van der Waals surface area contributed by atoms with Gasteiger partial charge in [0.1, 0.15) is 5.75 Å². The molecule has 20 heavy (non-hydrogen) atoms. The van der Waals surface area contributed by atoms with E-state index in [0.29, 0.717) is 0 Å². The normalized spacial score (nSPS) is 8.30. The SMILES string of the molecule is COc1ccc(S(=O)(=O)O)c([N+](=O)[O-])c1.O.O.O.O.O. The minimum atomic E-state index is -4.60. The van der Waals surface area contributed by atoms with Gasteiger partial charge in [0, 0.05) is 0 Å². The maximum atomic E-state index is 10.8. The largest absolute Gasteiger partial charge is 0.497 e. The van der Waals surface area contributed by atoms with Crippen molar-refractivity contribution >= 4 is 15.8 Å². The third-order valence-corrected chi connectivity index (χ3v) is 2.54. The molecular weight excluding hydrogens is 306 g/mol. The van der Waals surface area contributed by atoms with Crippen molar-refractivity contribution in [2.75, 3.05) is 7.11 Å². The molecule has 1 aromatic rings. The number of ether oxygens (including phenoxy) is 1. The van der Waals surface area contributed by atoms with Crippen LogP contribution in [0, 0.1) is 10.1 Å². The first-order chi connectivity index (χ1) is 6.86. The van der Waals surface area contributed by atoms with Crippen molar-refractivity contribution in [1.82, 2.24) is 0 Å². The average Bonchev–Trinajstić information content (AvgIpc) is 2.15. The summed E-state index contributed by atoms with van der Waals surface area (Å²) in [6.45, 7) is 0. The quantitative estimate of drug-likeness (QED) is 0.338. The van der Waals surface area contributed by atoms with E-state index in [1.165, 1.54) is 13.2 Å². The zero-order valence-electron chi connectivity index (χ0n) is 10.1. The van der Waals surface area contributed by atoms with Crippen molar-refractivity contribution in [2.24, 2.45) is 0 Å². The molecule has 0 aromatic heterocycles. The van der Waals surface area contributed by atoms with Gasteiger partial charge in [-0.25, -0.2) is 0 Å². The van der Waals surface area contributed by atoms with Crippen LogP contribution in [-0.2, 0) is 10.1 Å². The Balaban J connectivity index is -0.000000150. The number of nitro benzene ring substituents is 1. The molecule has 0 saturated heterocycles. The van der Waals surface area contributed by atoms with Crippen LogP contribution in [0.3, 0.4) is 0 Å². The van der Waals surface area contributed by atoms with Crippen LogP contribution in [0.4, 0.5) is 5.69 Å². The Bertz CT molecular complexity index is 499.